The molecule has 4 aromatic rings. The molecular weight excluding hydrogens is 1340 g/mol. The lowest BCUT2D eigenvalue weighted by Crippen LogP contribution is -2.82. The summed E-state index contributed by atoms with van der Waals surface area (Å²) in [7, 11) is -23.2. The highest BCUT2D eigenvalue weighted by Crippen LogP contribution is 2.34. The van der Waals surface area contributed by atoms with Gasteiger partial charge in [0.15, 0.2) is 46.5 Å². The lowest BCUT2D eigenvalue weighted by molar-refractivity contribution is 0.0129. The van der Waals surface area contributed by atoms with E-state index in [1.807, 2.05) is 0 Å². The molecule has 0 bridgehead atoms. The van der Waals surface area contributed by atoms with Crippen LogP contribution in [0.15, 0.2) is 0 Å². The largest absolute Gasteiger partial charge is 0.544 e. The Morgan fingerprint density at radius 1 is 0.172 bits per heavy atom. The van der Waals surface area contributed by atoms with Crippen LogP contribution in [0.25, 0.3) is 0 Å². The monoisotopic (exact) mass is 1420 g/mol. The Kier molecular flexibility index (Phi) is 27.6. The lowest BCUT2D eigenvalue weighted by Gasteiger charge is -2.46. The Balaban J connectivity index is 2.93. The van der Waals surface area contributed by atoms with Gasteiger partial charge in [0, 0.05) is 73.2 Å². The standard InChI is InChI=1S/C60H84BF16O12Si4/c1-25(2)78-90(79-26(3)4,80-27(5)6)57-49(70)41(62)37(42(63)50(57)71)61(38-43(64)51(72)58(52(73)44(38)65)91(81-28(7)8,82-29(9)10)83-30(11)12,39-45(66)53(74)59(54(75)46(39)67)92(84-31(13)14,85-32(15)16)86-33(17)18)40-47(68)55(76)60(56(77)48(40)69)93(87-34(19)20,88-35(21)22)89-36(23)24/h25-36H,1-24H3/q-1. The molecule has 4 aromatic carbocycles. The Bertz CT molecular complexity index is 2660. The van der Waals surface area contributed by atoms with Crippen molar-refractivity contribution in [2.75, 3.05) is 0 Å². The second-order valence-electron chi connectivity index (χ2n) is 25.3. The van der Waals surface area contributed by atoms with Crippen molar-refractivity contribution < 1.29 is 123 Å². The highest BCUT2D eigenvalue weighted by Gasteiger charge is 2.62. The molecule has 0 radical (unpaired) electrons. The van der Waals surface area contributed by atoms with E-state index >= 15 is 70.2 Å². The van der Waals surface area contributed by atoms with Crippen LogP contribution in [0.5, 0.6) is 0 Å². The predicted molar refractivity (Wildman–Crippen MR) is 326 cm³/mol. The molecule has 0 heterocycles. The second-order valence-corrected chi connectivity index (χ2v) is 34.5. The fraction of sp³-hybridized carbons (Fsp3) is 0.600. The maximum atomic E-state index is 18.9. The number of rotatable bonds is 32. The molecule has 0 aliphatic rings. The fourth-order valence-corrected chi connectivity index (χ4v) is 23.4. The number of hydrogen-bond acceptors (Lipinski definition) is 12. The van der Waals surface area contributed by atoms with E-state index in [-0.39, 0.29) is 0 Å². The molecule has 0 spiro atoms. The van der Waals surface area contributed by atoms with Crippen molar-refractivity contribution in [2.24, 2.45) is 0 Å². The first-order chi connectivity index (χ1) is 42.5. The van der Waals surface area contributed by atoms with Gasteiger partial charge in [0.25, 0.3) is 0 Å². The van der Waals surface area contributed by atoms with Gasteiger partial charge in [-0.3, -0.25) is 0 Å². The molecule has 0 aromatic heterocycles. The first kappa shape index (κ1) is 81.6. The normalized spacial score (nSPS) is 13.5. The van der Waals surface area contributed by atoms with Crippen LogP contribution in [0.4, 0.5) is 70.2 Å². The van der Waals surface area contributed by atoms with Crippen molar-refractivity contribution >= 4 is 84.0 Å². The molecule has 0 atom stereocenters. The zero-order valence-corrected chi connectivity index (χ0v) is 60.5. The molecule has 4 rings (SSSR count). The zero-order chi connectivity index (χ0) is 71.8. The Hall–Kier alpha value is -3.79. The first-order valence-corrected chi connectivity index (χ1v) is 37.2. The van der Waals surface area contributed by atoms with Gasteiger partial charge >= 0.3 is 35.2 Å². The van der Waals surface area contributed by atoms with Crippen molar-refractivity contribution in [3.8, 4) is 0 Å². The van der Waals surface area contributed by atoms with Gasteiger partial charge in [0.05, 0.1) is 20.7 Å². The summed E-state index contributed by atoms with van der Waals surface area (Å²) in [5.74, 6) is -51.0. The molecule has 0 saturated heterocycles. The number of halogens is 16. The highest BCUT2D eigenvalue weighted by molar-refractivity contribution is 7.20. The van der Waals surface area contributed by atoms with E-state index in [1.165, 1.54) is 166 Å². The molecule has 33 heteroatoms. The highest BCUT2D eigenvalue weighted by atomic mass is 28.4. The van der Waals surface area contributed by atoms with Crippen LogP contribution < -0.4 is 42.6 Å². The van der Waals surface area contributed by atoms with E-state index in [2.05, 4.69) is 0 Å². The first-order valence-electron chi connectivity index (χ1n) is 30.3. The summed E-state index contributed by atoms with van der Waals surface area (Å²) >= 11 is 0. The molecule has 0 unspecified atom stereocenters. The van der Waals surface area contributed by atoms with Crippen molar-refractivity contribution in [1.29, 1.82) is 0 Å². The van der Waals surface area contributed by atoms with E-state index in [4.69, 9.17) is 53.1 Å². The van der Waals surface area contributed by atoms with Gasteiger partial charge in [-0.05, 0) is 166 Å². The molecule has 93 heavy (non-hydrogen) atoms. The summed E-state index contributed by atoms with van der Waals surface area (Å²) in [4.78, 5) is 0. The van der Waals surface area contributed by atoms with Gasteiger partial charge in [-0.15, -0.1) is 21.9 Å². The molecule has 0 fully saturated rings. The van der Waals surface area contributed by atoms with Gasteiger partial charge in [0.1, 0.15) is 52.7 Å². The summed E-state index contributed by atoms with van der Waals surface area (Å²) in [6, 6.07) is 0. The van der Waals surface area contributed by atoms with Crippen LogP contribution in [0.1, 0.15) is 166 Å². The summed E-state index contributed by atoms with van der Waals surface area (Å²) in [6.07, 6.45) is -23.3. The molecule has 0 amide bonds. The van der Waals surface area contributed by atoms with Gasteiger partial charge in [-0.1, -0.05) is 0 Å². The molecule has 0 aliphatic carbocycles. The maximum Gasteiger partial charge on any atom is 0.544 e. The molecule has 0 N–H and O–H groups in total. The van der Waals surface area contributed by atoms with Crippen molar-refractivity contribution in [3.63, 3.8) is 0 Å². The zero-order valence-electron chi connectivity index (χ0n) is 56.5. The molecule has 528 valence electrons. The third-order valence-corrected chi connectivity index (χ3v) is 26.4. The van der Waals surface area contributed by atoms with Gasteiger partial charge in [-0.25, -0.2) is 70.2 Å². The van der Waals surface area contributed by atoms with E-state index in [1.54, 1.807) is 0 Å². The van der Waals surface area contributed by atoms with E-state index < -0.39 is 250 Å². The van der Waals surface area contributed by atoms with E-state index in [0.717, 1.165) is 0 Å². The van der Waals surface area contributed by atoms with Crippen molar-refractivity contribution in [3.05, 3.63) is 93.1 Å². The third kappa shape index (κ3) is 16.4. The van der Waals surface area contributed by atoms with Crippen molar-refractivity contribution in [1.82, 2.24) is 0 Å². The summed E-state index contributed by atoms with van der Waals surface area (Å²) in [5.41, 5.74) is -13.1. The smallest absolute Gasteiger partial charge is 0.367 e. The minimum atomic E-state index is -7.38. The van der Waals surface area contributed by atoms with E-state index in [9.17, 15) is 0 Å². The SMILES string of the molecule is CC(C)O[Si](OC(C)C)(OC(C)C)c1c(F)c(F)c([B-](c2c(F)c(F)c([Si](OC(C)C)(OC(C)C)OC(C)C)c(F)c2F)(c2c(F)c(F)c([Si](OC(C)C)(OC(C)C)OC(C)C)c(F)c2F)c2c(F)c(F)c([Si](OC(C)C)(OC(C)C)OC(C)C)c(F)c2F)c(F)c1F. The van der Waals surface area contributed by atoms with Crippen LogP contribution in [-0.4, -0.2) is 115 Å². The van der Waals surface area contributed by atoms with Crippen LogP contribution in [0.2, 0.25) is 0 Å². The van der Waals surface area contributed by atoms with Crippen LogP contribution in [-0.2, 0) is 53.1 Å². The molecule has 0 saturated carbocycles. The second kappa shape index (κ2) is 31.4. The van der Waals surface area contributed by atoms with Crippen LogP contribution in [0.3, 0.4) is 0 Å². The minimum absolute atomic E-state index is 1.20. The number of hydrogen-bond donors (Lipinski definition) is 0. The molecular formula is C60H84BF16O12Si4-. The van der Waals surface area contributed by atoms with Crippen molar-refractivity contribution in [2.45, 2.75) is 239 Å². The third-order valence-electron chi connectivity index (χ3n) is 12.8. The Morgan fingerprint density at radius 2 is 0.258 bits per heavy atom. The van der Waals surface area contributed by atoms with Gasteiger partial charge < -0.3 is 53.1 Å². The van der Waals surface area contributed by atoms with Crippen LogP contribution >= 0.6 is 0 Å². The van der Waals surface area contributed by atoms with Gasteiger partial charge in [0.2, 0.25) is 0 Å². The Labute approximate surface area is 537 Å². The van der Waals surface area contributed by atoms with Gasteiger partial charge in [-0.2, -0.15) is 0 Å². The minimum Gasteiger partial charge on any atom is -0.367 e. The maximum absolute atomic E-state index is 18.9. The average molecular weight is 1420 g/mol. The summed E-state index contributed by atoms with van der Waals surface area (Å²) < 4.78 is 368. The number of benzene rings is 4. The van der Waals surface area contributed by atoms with E-state index in [0.29, 0.717) is 0 Å². The topological polar surface area (TPSA) is 111 Å². The summed E-state index contributed by atoms with van der Waals surface area (Å²) in [6.45, 7) is 28.7. The lowest BCUT2D eigenvalue weighted by atomic mass is 9.12. The molecule has 12 nitrogen and oxygen atoms in total. The average Bonchev–Trinajstić information content (AvgIpc) is 0.675. The molecule has 0 aliphatic heterocycles. The fourth-order valence-electron chi connectivity index (χ4n) is 10.8. The predicted octanol–water partition coefficient (Wildman–Crippen LogP) is 11.0. The summed E-state index contributed by atoms with van der Waals surface area (Å²) in [5, 5.41) is -8.30. The quantitative estimate of drug-likeness (QED) is 0.0264. The van der Waals surface area contributed by atoms with Crippen LogP contribution in [0, 0.1) is 93.1 Å². The Morgan fingerprint density at radius 3 is 0.333 bits per heavy atom.